The molecule has 1 unspecified atom stereocenters. The summed E-state index contributed by atoms with van der Waals surface area (Å²) in [5, 5.41) is 14.1. The molecule has 192 valence electrons. The number of anilines is 2. The predicted octanol–water partition coefficient (Wildman–Crippen LogP) is 2.98. The number of aliphatic hydroxyl groups is 1. The molecule has 3 heterocycles. The second-order valence-electron chi connectivity index (χ2n) is 9.40. The third kappa shape index (κ3) is 5.75. The van der Waals surface area contributed by atoms with Gasteiger partial charge in [0, 0.05) is 80.2 Å². The molecule has 2 N–H and O–H groups in total. The number of allylic oxidation sites excluding steroid dienone is 3. The van der Waals surface area contributed by atoms with Crippen molar-refractivity contribution in [3.05, 3.63) is 76.6 Å². The molecule has 2 aromatic rings. The van der Waals surface area contributed by atoms with Crippen molar-refractivity contribution in [2.24, 2.45) is 0 Å². The van der Waals surface area contributed by atoms with Gasteiger partial charge < -0.3 is 20.2 Å². The number of β-amino-alcohol motifs (C(OH)–C–C–N with tert-alkyl or cyclic N) is 1. The molecule has 1 aromatic carbocycles. The number of nitrogens with zero attached hydrogens (tertiary/aromatic N) is 4. The average molecular weight is 538 g/mol. The minimum atomic E-state index is -0.678. The Kier molecular flexibility index (Phi) is 7.66. The lowest BCUT2D eigenvalue weighted by Gasteiger charge is -2.37. The van der Waals surface area contributed by atoms with Gasteiger partial charge in [0.25, 0.3) is 11.8 Å². The monoisotopic (exact) mass is 537 g/mol. The highest BCUT2D eigenvalue weighted by Crippen LogP contribution is 2.30. The number of hydrogen-bond donors (Lipinski definition) is 2. The van der Waals surface area contributed by atoms with E-state index in [1.165, 1.54) is 0 Å². The Bertz CT molecular complexity index is 1270. The van der Waals surface area contributed by atoms with E-state index in [1.807, 2.05) is 24.3 Å². The highest BCUT2D eigenvalue weighted by molar-refractivity contribution is 7.81. The summed E-state index contributed by atoms with van der Waals surface area (Å²) in [6.07, 6.45) is 6.65. The molecule has 3 aliphatic rings. The van der Waals surface area contributed by atoms with Crippen molar-refractivity contribution >= 4 is 51.9 Å². The normalized spacial score (nSPS) is 18.9. The van der Waals surface area contributed by atoms with Crippen LogP contribution in [0.25, 0.3) is 0 Å². The molecule has 10 heteroatoms. The maximum atomic E-state index is 13.3. The standard InChI is InChI=1S/C27H28ClN5O3S/c28-19-4-5-24(37)22(14-19)26(35)30-23-3-1-2-18-15-33(27(36)25(18)23)17-21(34)16-31-10-12-32(13-11-31)20-6-8-29-9-7-20/h1-4,6-9,14,21,34H,5,10-13,15-17H2,(H,30,35). The van der Waals surface area contributed by atoms with Gasteiger partial charge in [0.15, 0.2) is 0 Å². The van der Waals surface area contributed by atoms with E-state index in [0.717, 1.165) is 37.4 Å². The van der Waals surface area contributed by atoms with Crippen LogP contribution in [0.4, 0.5) is 11.4 Å². The molecule has 0 radical (unpaired) electrons. The van der Waals surface area contributed by atoms with E-state index in [1.54, 1.807) is 35.5 Å². The van der Waals surface area contributed by atoms with E-state index in [2.05, 4.69) is 20.1 Å². The van der Waals surface area contributed by atoms with Crippen LogP contribution in [0.3, 0.4) is 0 Å². The minimum absolute atomic E-state index is 0.203. The van der Waals surface area contributed by atoms with Gasteiger partial charge in [-0.05, 0) is 29.8 Å². The summed E-state index contributed by atoms with van der Waals surface area (Å²) in [7, 11) is 0. The second kappa shape index (κ2) is 11.1. The van der Waals surface area contributed by atoms with Crippen LogP contribution in [0.2, 0.25) is 0 Å². The number of nitrogens with one attached hydrogen (secondary N) is 1. The zero-order chi connectivity index (χ0) is 25.9. The fraction of sp³-hybridized carbons (Fsp3) is 0.333. The highest BCUT2D eigenvalue weighted by Gasteiger charge is 2.32. The number of aromatic nitrogens is 1. The van der Waals surface area contributed by atoms with Gasteiger partial charge in [-0.1, -0.05) is 42.0 Å². The molecule has 5 rings (SSSR count). The topological polar surface area (TPSA) is 89.0 Å². The number of hydrogen-bond acceptors (Lipinski definition) is 7. The van der Waals surface area contributed by atoms with Crippen LogP contribution in [-0.4, -0.2) is 81.9 Å². The summed E-state index contributed by atoms with van der Waals surface area (Å²) < 4.78 is 0. The van der Waals surface area contributed by atoms with Gasteiger partial charge in [-0.3, -0.25) is 19.5 Å². The first-order valence-corrected chi connectivity index (χ1v) is 13.1. The molecule has 1 atom stereocenters. The molecular weight excluding hydrogens is 510 g/mol. The maximum Gasteiger partial charge on any atom is 0.256 e. The predicted molar refractivity (Wildman–Crippen MR) is 148 cm³/mol. The van der Waals surface area contributed by atoms with Crippen LogP contribution in [-0.2, 0) is 11.3 Å². The van der Waals surface area contributed by atoms with Crippen molar-refractivity contribution in [3.63, 3.8) is 0 Å². The van der Waals surface area contributed by atoms with Gasteiger partial charge in [-0.25, -0.2) is 0 Å². The van der Waals surface area contributed by atoms with Crippen LogP contribution < -0.4 is 10.2 Å². The number of carbonyl (C=O) groups excluding carboxylic acids is 2. The number of aliphatic hydroxyl groups excluding tert-OH is 1. The van der Waals surface area contributed by atoms with E-state index >= 15 is 0 Å². The number of piperazine rings is 1. The summed E-state index contributed by atoms with van der Waals surface area (Å²) in [6, 6.07) is 9.40. The summed E-state index contributed by atoms with van der Waals surface area (Å²) in [6.45, 7) is 4.51. The SMILES string of the molecule is O=C(Nc1cccc2c1C(=O)N(CC(O)CN1CCN(c3ccncc3)CC1)C2)C1=CC(Cl)=CCC1=S. The van der Waals surface area contributed by atoms with Crippen LogP contribution in [0.5, 0.6) is 0 Å². The Morgan fingerprint density at radius 1 is 1.14 bits per heavy atom. The fourth-order valence-electron chi connectivity index (χ4n) is 4.98. The van der Waals surface area contributed by atoms with Crippen molar-refractivity contribution in [1.29, 1.82) is 0 Å². The molecule has 1 saturated heterocycles. The molecule has 0 saturated carbocycles. The Morgan fingerprint density at radius 2 is 1.89 bits per heavy atom. The molecule has 1 aliphatic carbocycles. The fourth-order valence-corrected chi connectivity index (χ4v) is 5.41. The quantitative estimate of drug-likeness (QED) is 0.525. The molecule has 0 bridgehead atoms. The number of thiocarbonyl (C=S) groups is 1. The Hall–Kier alpha value is -3.11. The van der Waals surface area contributed by atoms with Gasteiger partial charge in [0.05, 0.1) is 22.9 Å². The molecular formula is C27H28ClN5O3S. The number of fused-ring (bicyclic) bond motifs is 1. The lowest BCUT2D eigenvalue weighted by Crippen LogP contribution is -2.50. The van der Waals surface area contributed by atoms with Crippen LogP contribution >= 0.6 is 23.8 Å². The van der Waals surface area contributed by atoms with Gasteiger partial charge >= 0.3 is 0 Å². The lowest BCUT2D eigenvalue weighted by molar-refractivity contribution is -0.112. The number of amides is 2. The van der Waals surface area contributed by atoms with Crippen LogP contribution in [0.15, 0.2) is 65.5 Å². The summed E-state index contributed by atoms with van der Waals surface area (Å²) in [5.41, 5.74) is 3.20. The van der Waals surface area contributed by atoms with E-state index in [0.29, 0.717) is 46.2 Å². The molecule has 1 aromatic heterocycles. The van der Waals surface area contributed by atoms with Crippen molar-refractivity contribution in [3.8, 4) is 0 Å². The molecule has 1 fully saturated rings. The largest absolute Gasteiger partial charge is 0.390 e. The number of halogens is 1. The number of benzene rings is 1. The maximum absolute atomic E-state index is 13.3. The van der Waals surface area contributed by atoms with E-state index < -0.39 is 6.10 Å². The van der Waals surface area contributed by atoms with Crippen molar-refractivity contribution in [2.75, 3.05) is 49.5 Å². The van der Waals surface area contributed by atoms with Crippen molar-refractivity contribution in [1.82, 2.24) is 14.8 Å². The van der Waals surface area contributed by atoms with E-state index in [9.17, 15) is 14.7 Å². The average Bonchev–Trinajstić information content (AvgIpc) is 3.22. The third-order valence-corrected chi connectivity index (χ3v) is 7.52. The zero-order valence-electron chi connectivity index (χ0n) is 20.3. The summed E-state index contributed by atoms with van der Waals surface area (Å²) in [4.78, 5) is 36.9. The Labute approximate surface area is 226 Å². The first-order chi connectivity index (χ1) is 17.9. The number of carbonyl (C=O) groups is 2. The van der Waals surface area contributed by atoms with Gasteiger partial charge in [-0.15, -0.1) is 0 Å². The molecule has 8 nitrogen and oxygen atoms in total. The molecule has 2 aliphatic heterocycles. The van der Waals surface area contributed by atoms with Crippen molar-refractivity contribution in [2.45, 2.75) is 19.1 Å². The minimum Gasteiger partial charge on any atom is -0.390 e. The molecule has 2 amide bonds. The zero-order valence-corrected chi connectivity index (χ0v) is 21.8. The second-order valence-corrected chi connectivity index (χ2v) is 10.3. The van der Waals surface area contributed by atoms with Gasteiger partial charge in [0.2, 0.25) is 0 Å². The lowest BCUT2D eigenvalue weighted by atomic mass is 10.0. The van der Waals surface area contributed by atoms with E-state index in [-0.39, 0.29) is 18.4 Å². The molecule has 37 heavy (non-hydrogen) atoms. The smallest absolute Gasteiger partial charge is 0.256 e. The van der Waals surface area contributed by atoms with E-state index in [4.69, 9.17) is 23.8 Å². The number of pyridine rings is 1. The first kappa shape index (κ1) is 25.5. The Balaban J connectivity index is 1.18. The first-order valence-electron chi connectivity index (χ1n) is 12.3. The van der Waals surface area contributed by atoms with Crippen LogP contribution in [0.1, 0.15) is 22.3 Å². The molecule has 0 spiro atoms. The van der Waals surface area contributed by atoms with Gasteiger partial charge in [-0.2, -0.15) is 0 Å². The van der Waals surface area contributed by atoms with Crippen molar-refractivity contribution < 1.29 is 14.7 Å². The van der Waals surface area contributed by atoms with Gasteiger partial charge in [0.1, 0.15) is 0 Å². The summed E-state index contributed by atoms with van der Waals surface area (Å²) >= 11 is 11.4. The third-order valence-electron chi connectivity index (χ3n) is 6.87. The Morgan fingerprint density at radius 3 is 2.65 bits per heavy atom. The summed E-state index contributed by atoms with van der Waals surface area (Å²) in [5.74, 6) is -0.590. The van der Waals surface area contributed by atoms with Crippen LogP contribution in [0, 0.1) is 0 Å². The number of rotatable bonds is 7. The highest BCUT2D eigenvalue weighted by atomic mass is 35.5.